The molecule has 4 aromatic carbocycles. The maximum absolute atomic E-state index is 10.4. The van der Waals surface area contributed by atoms with Gasteiger partial charge in [0.15, 0.2) is 0 Å². The zero-order valence-corrected chi connectivity index (χ0v) is 15.4. The molecule has 1 N–H and O–H groups in total. The van der Waals surface area contributed by atoms with E-state index in [0.29, 0.717) is 12.3 Å². The summed E-state index contributed by atoms with van der Waals surface area (Å²) in [5.41, 5.74) is 1.22. The lowest BCUT2D eigenvalue weighted by Crippen LogP contribution is -1.89. The van der Waals surface area contributed by atoms with E-state index in [2.05, 4.69) is 54.6 Å². The summed E-state index contributed by atoms with van der Waals surface area (Å²) in [7, 11) is 0. The highest BCUT2D eigenvalue weighted by Crippen LogP contribution is 2.35. The molecule has 3 heteroatoms. The number of hydrogen-bond donors (Lipinski definition) is 1. The van der Waals surface area contributed by atoms with E-state index in [9.17, 15) is 5.11 Å². The Kier molecular flexibility index (Phi) is 3.88. The molecular weight excluding hydrogens is 350 g/mol. The van der Waals surface area contributed by atoms with E-state index in [0.717, 1.165) is 15.0 Å². The van der Waals surface area contributed by atoms with Crippen LogP contribution >= 0.6 is 11.3 Å². The van der Waals surface area contributed by atoms with Crippen LogP contribution in [0.2, 0.25) is 0 Å². The lowest BCUT2D eigenvalue weighted by Gasteiger charge is -2.09. The summed E-state index contributed by atoms with van der Waals surface area (Å²) in [6.07, 6.45) is 1.80. The molecule has 0 radical (unpaired) electrons. The quantitative estimate of drug-likeness (QED) is 0.285. The van der Waals surface area contributed by atoms with E-state index in [-0.39, 0.29) is 0 Å². The van der Waals surface area contributed by atoms with Crippen LogP contribution in [0.25, 0.3) is 31.6 Å². The molecule has 2 nitrogen and oxygen atoms in total. The number of nitrogens with zero attached hydrogens (tertiary/aromatic N) is 1. The second-order valence-corrected chi connectivity index (χ2v) is 7.66. The monoisotopic (exact) mass is 367 g/mol. The third-order valence-electron chi connectivity index (χ3n) is 4.94. The predicted octanol–water partition coefficient (Wildman–Crippen LogP) is 6.53. The van der Waals surface area contributed by atoms with Crippen LogP contribution < -0.4 is 0 Å². The van der Waals surface area contributed by atoms with E-state index < -0.39 is 0 Å². The van der Waals surface area contributed by atoms with Crippen molar-refractivity contribution in [2.45, 2.75) is 6.54 Å². The van der Waals surface area contributed by atoms with Gasteiger partial charge in [-0.3, -0.25) is 4.99 Å². The molecule has 0 aliphatic carbocycles. The van der Waals surface area contributed by atoms with E-state index in [1.165, 1.54) is 27.1 Å². The Labute approximate surface area is 161 Å². The molecule has 0 aliphatic rings. The zero-order chi connectivity index (χ0) is 18.2. The molecule has 5 rings (SSSR count). The first kappa shape index (κ1) is 16.0. The molecule has 27 heavy (non-hydrogen) atoms. The van der Waals surface area contributed by atoms with Crippen LogP contribution in [0.15, 0.2) is 83.9 Å². The smallest absolute Gasteiger partial charge is 0.142 e. The van der Waals surface area contributed by atoms with Crippen molar-refractivity contribution in [1.29, 1.82) is 0 Å². The van der Waals surface area contributed by atoms with Crippen molar-refractivity contribution in [2.24, 2.45) is 4.99 Å². The summed E-state index contributed by atoms with van der Waals surface area (Å²) < 4.78 is 1.08. The van der Waals surface area contributed by atoms with Gasteiger partial charge in [0.1, 0.15) is 5.75 Å². The van der Waals surface area contributed by atoms with Gasteiger partial charge in [0.05, 0.1) is 11.4 Å². The molecule has 130 valence electrons. The predicted molar refractivity (Wildman–Crippen MR) is 116 cm³/mol. The fraction of sp³-hybridized carbons (Fsp3) is 0.0417. The number of thiophene rings is 1. The van der Waals surface area contributed by atoms with Crippen LogP contribution in [0.5, 0.6) is 5.75 Å². The first-order valence-electron chi connectivity index (χ1n) is 8.91. The van der Waals surface area contributed by atoms with E-state index in [4.69, 9.17) is 4.99 Å². The summed E-state index contributed by atoms with van der Waals surface area (Å²) in [4.78, 5) is 5.50. The number of fused-ring (bicyclic) bond motifs is 3. The van der Waals surface area contributed by atoms with Crippen LogP contribution in [-0.2, 0) is 6.54 Å². The third kappa shape index (κ3) is 2.77. The Bertz CT molecular complexity index is 1260. The Morgan fingerprint density at radius 1 is 0.778 bits per heavy atom. The lowest BCUT2D eigenvalue weighted by atomic mass is 9.97. The average Bonchev–Trinajstić information content (AvgIpc) is 3.03. The van der Waals surface area contributed by atoms with Gasteiger partial charge < -0.3 is 5.11 Å². The van der Waals surface area contributed by atoms with Crippen LogP contribution in [0.3, 0.4) is 0 Å². The van der Waals surface area contributed by atoms with Crippen molar-refractivity contribution in [3.8, 4) is 5.75 Å². The van der Waals surface area contributed by atoms with Gasteiger partial charge in [-0.1, -0.05) is 60.7 Å². The second kappa shape index (κ2) is 6.53. The number of rotatable bonds is 3. The summed E-state index contributed by atoms with van der Waals surface area (Å²) in [5.74, 6) is 0.321. The minimum absolute atomic E-state index is 0.321. The first-order chi connectivity index (χ1) is 13.3. The summed E-state index contributed by atoms with van der Waals surface area (Å²) in [6, 6.07) is 27.0. The molecular formula is C24H17NOS. The molecule has 1 aromatic heterocycles. The molecule has 0 amide bonds. The summed E-state index contributed by atoms with van der Waals surface area (Å²) in [5, 5.41) is 16.3. The summed E-state index contributed by atoms with van der Waals surface area (Å²) in [6.45, 7) is 0.579. The van der Waals surface area contributed by atoms with Gasteiger partial charge in [-0.05, 0) is 45.3 Å². The van der Waals surface area contributed by atoms with E-state index in [1.807, 2.05) is 24.3 Å². The van der Waals surface area contributed by atoms with Gasteiger partial charge in [-0.15, -0.1) is 11.3 Å². The van der Waals surface area contributed by atoms with Crippen molar-refractivity contribution in [1.82, 2.24) is 0 Å². The van der Waals surface area contributed by atoms with Gasteiger partial charge >= 0.3 is 0 Å². The van der Waals surface area contributed by atoms with Gasteiger partial charge in [0.2, 0.25) is 0 Å². The Hall–Kier alpha value is -3.17. The van der Waals surface area contributed by atoms with Crippen molar-refractivity contribution < 1.29 is 5.11 Å². The molecule has 0 aliphatic heterocycles. The zero-order valence-electron chi connectivity index (χ0n) is 14.6. The average molecular weight is 367 g/mol. The van der Waals surface area contributed by atoms with E-state index >= 15 is 0 Å². The molecule has 5 aromatic rings. The highest BCUT2D eigenvalue weighted by Gasteiger charge is 2.09. The van der Waals surface area contributed by atoms with E-state index in [1.54, 1.807) is 17.6 Å². The van der Waals surface area contributed by atoms with Gasteiger partial charge in [-0.25, -0.2) is 0 Å². The Morgan fingerprint density at radius 3 is 2.04 bits per heavy atom. The van der Waals surface area contributed by atoms with Crippen LogP contribution in [-0.4, -0.2) is 11.3 Å². The molecule has 0 saturated carbocycles. The molecule has 0 fully saturated rings. The molecule has 0 bridgehead atoms. The van der Waals surface area contributed by atoms with Gasteiger partial charge in [0.25, 0.3) is 0 Å². The SMILES string of the molecule is Oc1c(C=NCc2c3ccccc3cc3ccccc23)sc2ccccc12. The largest absolute Gasteiger partial charge is 0.506 e. The van der Waals surface area contributed by atoms with Crippen LogP contribution in [0.4, 0.5) is 0 Å². The highest BCUT2D eigenvalue weighted by molar-refractivity contribution is 7.21. The third-order valence-corrected chi connectivity index (χ3v) is 6.03. The molecule has 1 heterocycles. The maximum atomic E-state index is 10.4. The number of benzene rings is 4. The van der Waals surface area contributed by atoms with Crippen molar-refractivity contribution >= 4 is 49.2 Å². The molecule has 0 unspecified atom stereocenters. The summed E-state index contributed by atoms with van der Waals surface area (Å²) >= 11 is 1.57. The molecule has 0 atom stereocenters. The van der Waals surface area contributed by atoms with Crippen LogP contribution in [0, 0.1) is 0 Å². The highest BCUT2D eigenvalue weighted by atomic mass is 32.1. The standard InChI is InChI=1S/C24H17NOS/c26-24-20-11-5-6-12-22(20)27-23(24)15-25-14-21-18-9-3-1-7-16(18)13-17-8-2-4-10-19(17)21/h1-13,15,26H,14H2. The molecule has 0 saturated heterocycles. The van der Waals surface area contributed by atoms with Gasteiger partial charge in [0, 0.05) is 16.3 Å². The first-order valence-corrected chi connectivity index (χ1v) is 9.72. The van der Waals surface area contributed by atoms with Gasteiger partial charge in [-0.2, -0.15) is 0 Å². The number of hydrogen-bond acceptors (Lipinski definition) is 3. The fourth-order valence-corrected chi connectivity index (χ4v) is 4.63. The lowest BCUT2D eigenvalue weighted by molar-refractivity contribution is 0.483. The fourth-order valence-electron chi connectivity index (χ4n) is 3.64. The van der Waals surface area contributed by atoms with Crippen molar-refractivity contribution in [3.05, 3.63) is 89.3 Å². The van der Waals surface area contributed by atoms with Crippen molar-refractivity contribution in [2.75, 3.05) is 0 Å². The van der Waals surface area contributed by atoms with Crippen molar-refractivity contribution in [3.63, 3.8) is 0 Å². The Morgan fingerprint density at radius 2 is 1.37 bits per heavy atom. The minimum Gasteiger partial charge on any atom is -0.506 e. The second-order valence-electron chi connectivity index (χ2n) is 6.58. The van der Waals surface area contributed by atoms with Crippen LogP contribution in [0.1, 0.15) is 10.4 Å². The Balaban J connectivity index is 1.59. The topological polar surface area (TPSA) is 32.6 Å². The molecule has 0 spiro atoms. The number of aliphatic imine (C=N–C) groups is 1. The maximum Gasteiger partial charge on any atom is 0.142 e. The normalized spacial score (nSPS) is 11.9. The number of aromatic hydroxyl groups is 1. The minimum atomic E-state index is 0.321.